The van der Waals surface area contributed by atoms with Crippen LogP contribution >= 0.6 is 0 Å². The van der Waals surface area contributed by atoms with E-state index >= 15 is 0 Å². The van der Waals surface area contributed by atoms with Crippen LogP contribution in [0.4, 0.5) is 5.69 Å². The molecule has 2 aromatic carbocycles. The maximum absolute atomic E-state index is 12.7. The fraction of sp³-hybridized carbons (Fsp3) is 0.441. The molecule has 1 atom stereocenters. The van der Waals surface area contributed by atoms with E-state index in [9.17, 15) is 9.59 Å². The van der Waals surface area contributed by atoms with Crippen LogP contribution in [0.2, 0.25) is 18.1 Å². The molecule has 2 heterocycles. The number of amides is 2. The lowest BCUT2D eigenvalue weighted by molar-refractivity contribution is -0.116. The minimum atomic E-state index is -2.09. The number of benzene rings is 2. The lowest BCUT2D eigenvalue weighted by Gasteiger charge is -2.39. The molecule has 8 nitrogen and oxygen atoms in total. The Morgan fingerprint density at radius 1 is 1.02 bits per heavy atom. The zero-order chi connectivity index (χ0) is 31.0. The fourth-order valence-corrected chi connectivity index (χ4v) is 6.23. The maximum Gasteiger partial charge on any atom is 0.268 e. The van der Waals surface area contributed by atoms with E-state index < -0.39 is 14.2 Å². The quantitative estimate of drug-likeness (QED) is 0.108. The predicted molar refractivity (Wildman–Crippen MR) is 176 cm³/mol. The molecule has 0 fully saturated rings. The summed E-state index contributed by atoms with van der Waals surface area (Å²) in [6, 6.07) is 18.7. The predicted octanol–water partition coefficient (Wildman–Crippen LogP) is 7.68. The van der Waals surface area contributed by atoms with Crippen molar-refractivity contribution in [2.45, 2.75) is 96.6 Å². The Hall–Kier alpha value is -3.69. The van der Waals surface area contributed by atoms with Crippen LogP contribution in [0.15, 0.2) is 73.3 Å². The van der Waals surface area contributed by atoms with Crippen molar-refractivity contribution in [1.82, 2.24) is 14.1 Å². The van der Waals surface area contributed by atoms with Crippen molar-refractivity contribution in [2.24, 2.45) is 5.73 Å². The van der Waals surface area contributed by atoms with Crippen LogP contribution in [-0.2, 0) is 22.2 Å². The molecule has 3 N–H and O–H groups in total. The van der Waals surface area contributed by atoms with Gasteiger partial charge in [-0.25, -0.2) is 4.98 Å². The number of unbranched alkanes of at least 4 members (excludes halogenated alkanes) is 2. The van der Waals surface area contributed by atoms with Crippen molar-refractivity contribution in [3.05, 3.63) is 84.6 Å². The maximum atomic E-state index is 12.7. The molecule has 4 rings (SSSR count). The molecule has 43 heavy (non-hydrogen) atoms. The Morgan fingerprint density at radius 3 is 2.49 bits per heavy atom. The van der Waals surface area contributed by atoms with Crippen molar-refractivity contribution in [2.75, 3.05) is 5.32 Å². The number of nitrogens with zero attached hydrogens (tertiary/aromatic N) is 3. The summed E-state index contributed by atoms with van der Waals surface area (Å²) in [5.74, 6) is -0.493. The molecule has 0 aliphatic heterocycles. The third kappa shape index (κ3) is 8.90. The van der Waals surface area contributed by atoms with Gasteiger partial charge in [0, 0.05) is 31.0 Å². The number of aryl methyl sites for hydroxylation is 2. The number of hydrogen-bond donors (Lipinski definition) is 2. The van der Waals surface area contributed by atoms with E-state index in [1.54, 1.807) is 12.5 Å². The standard InChI is InChI=1S/C34H47N5O3Si/c1-34(2,3)43(4,5)42-32(39-24-29(33(35)41)36-25-39)17-12-21-38-22-20-27-18-19-28(23-30(27)38)37-31(40)16-11-7-10-15-26-13-8-6-9-14-26/h6,8-9,13-14,18-20,22-25,32H,7,10-12,15-17,21H2,1-5H3,(H2,35,41)(H,37,40). The third-order valence-corrected chi connectivity index (χ3v) is 13.0. The molecule has 0 saturated heterocycles. The first-order valence-corrected chi connectivity index (χ1v) is 18.3. The monoisotopic (exact) mass is 601 g/mol. The second kappa shape index (κ2) is 14.2. The van der Waals surface area contributed by atoms with Gasteiger partial charge in [-0.15, -0.1) is 0 Å². The average Bonchev–Trinajstić information content (AvgIpc) is 3.60. The minimum Gasteiger partial charge on any atom is -0.397 e. The summed E-state index contributed by atoms with van der Waals surface area (Å²) in [6.45, 7) is 11.9. The van der Waals surface area contributed by atoms with E-state index in [4.69, 9.17) is 10.2 Å². The molecule has 230 valence electrons. The number of aromatic nitrogens is 3. The van der Waals surface area contributed by atoms with Crippen LogP contribution in [-0.4, -0.2) is 34.2 Å². The Morgan fingerprint density at radius 2 is 1.79 bits per heavy atom. The smallest absolute Gasteiger partial charge is 0.268 e. The van der Waals surface area contributed by atoms with E-state index in [0.717, 1.165) is 61.7 Å². The van der Waals surface area contributed by atoms with E-state index in [0.29, 0.717) is 6.42 Å². The van der Waals surface area contributed by atoms with E-state index in [1.165, 1.54) is 5.56 Å². The van der Waals surface area contributed by atoms with Gasteiger partial charge in [-0.1, -0.05) is 63.6 Å². The summed E-state index contributed by atoms with van der Waals surface area (Å²) >= 11 is 0. The highest BCUT2D eigenvalue weighted by atomic mass is 28.4. The summed E-state index contributed by atoms with van der Waals surface area (Å²) in [5, 5.41) is 4.26. The fourth-order valence-electron chi connectivity index (χ4n) is 4.96. The van der Waals surface area contributed by atoms with Crippen molar-refractivity contribution in [3.8, 4) is 0 Å². The number of hydrogen-bond acceptors (Lipinski definition) is 4. The summed E-state index contributed by atoms with van der Waals surface area (Å²) in [6.07, 6.45) is 11.4. The number of nitrogens with one attached hydrogen (secondary N) is 1. The summed E-state index contributed by atoms with van der Waals surface area (Å²) in [4.78, 5) is 28.5. The van der Waals surface area contributed by atoms with Crippen molar-refractivity contribution >= 4 is 36.7 Å². The van der Waals surface area contributed by atoms with Crippen molar-refractivity contribution < 1.29 is 14.0 Å². The van der Waals surface area contributed by atoms with E-state index in [-0.39, 0.29) is 22.9 Å². The van der Waals surface area contributed by atoms with Gasteiger partial charge in [0.25, 0.3) is 5.91 Å². The van der Waals surface area contributed by atoms with Gasteiger partial charge in [-0.05, 0) is 79.4 Å². The SMILES string of the molecule is CC(C)(C)[Si](C)(C)OC(CCCn1ccc2ccc(NC(=O)CCCCCc3ccccc3)cc21)n1cnc(C(N)=O)c1. The van der Waals surface area contributed by atoms with Crippen molar-refractivity contribution in [3.63, 3.8) is 0 Å². The number of imidazole rings is 1. The molecule has 2 aromatic heterocycles. The first-order chi connectivity index (χ1) is 20.4. The van der Waals surface area contributed by atoms with Crippen molar-refractivity contribution in [1.29, 1.82) is 0 Å². The Balaban J connectivity index is 1.33. The topological polar surface area (TPSA) is 104 Å². The number of nitrogens with two attached hydrogens (primary N) is 1. The zero-order valence-corrected chi connectivity index (χ0v) is 27.3. The molecule has 0 aliphatic carbocycles. The highest BCUT2D eigenvalue weighted by molar-refractivity contribution is 6.74. The second-order valence-corrected chi connectivity index (χ2v) is 17.7. The number of carbonyl (C=O) groups excluding carboxylic acids is 2. The van der Waals surface area contributed by atoms with Gasteiger partial charge < -0.3 is 24.6 Å². The summed E-state index contributed by atoms with van der Waals surface area (Å²) in [5.41, 5.74) is 8.95. The van der Waals surface area contributed by atoms with Gasteiger partial charge in [-0.3, -0.25) is 9.59 Å². The second-order valence-electron chi connectivity index (χ2n) is 12.9. The lowest BCUT2D eigenvalue weighted by atomic mass is 10.1. The molecular weight excluding hydrogens is 554 g/mol. The molecular formula is C34H47N5O3Si. The van der Waals surface area contributed by atoms with Gasteiger partial charge >= 0.3 is 0 Å². The first kappa shape index (κ1) is 32.2. The Bertz CT molecular complexity index is 1500. The van der Waals surface area contributed by atoms with Gasteiger partial charge in [0.2, 0.25) is 5.91 Å². The largest absolute Gasteiger partial charge is 0.397 e. The molecule has 4 aromatic rings. The number of carbonyl (C=O) groups is 2. The third-order valence-electron chi connectivity index (χ3n) is 8.54. The van der Waals surface area contributed by atoms with Crippen LogP contribution < -0.4 is 11.1 Å². The lowest BCUT2D eigenvalue weighted by Crippen LogP contribution is -2.42. The molecule has 9 heteroatoms. The molecule has 0 aliphatic rings. The number of primary amides is 1. The average molecular weight is 602 g/mol. The number of rotatable bonds is 15. The van der Waals surface area contributed by atoms with Crippen LogP contribution in [0.25, 0.3) is 10.9 Å². The van der Waals surface area contributed by atoms with Gasteiger partial charge in [-0.2, -0.15) is 0 Å². The Kier molecular flexibility index (Phi) is 10.6. The van der Waals surface area contributed by atoms with Gasteiger partial charge in [0.05, 0.1) is 11.8 Å². The number of anilines is 1. The van der Waals surface area contributed by atoms with Crippen LogP contribution in [0.5, 0.6) is 0 Å². The molecule has 1 unspecified atom stereocenters. The normalized spacial score (nSPS) is 12.9. The van der Waals surface area contributed by atoms with Crippen LogP contribution in [0.1, 0.15) is 81.6 Å². The number of fused-ring (bicyclic) bond motifs is 1. The Labute approximate surface area is 256 Å². The minimum absolute atomic E-state index is 0.0397. The highest BCUT2D eigenvalue weighted by Crippen LogP contribution is 2.39. The summed E-state index contributed by atoms with van der Waals surface area (Å²) in [7, 11) is -2.09. The molecule has 0 bridgehead atoms. The summed E-state index contributed by atoms with van der Waals surface area (Å²) < 4.78 is 10.9. The molecule has 0 saturated carbocycles. The zero-order valence-electron chi connectivity index (χ0n) is 26.3. The van der Waals surface area contributed by atoms with E-state index in [2.05, 4.69) is 97.4 Å². The first-order valence-electron chi connectivity index (χ1n) is 15.4. The van der Waals surface area contributed by atoms with Gasteiger partial charge in [0.15, 0.2) is 8.32 Å². The molecule has 2 amide bonds. The van der Waals surface area contributed by atoms with Crippen LogP contribution in [0.3, 0.4) is 0 Å². The van der Waals surface area contributed by atoms with Crippen LogP contribution in [0, 0.1) is 0 Å². The van der Waals surface area contributed by atoms with Gasteiger partial charge in [0.1, 0.15) is 11.9 Å². The molecule has 0 radical (unpaired) electrons. The molecule has 0 spiro atoms. The van der Waals surface area contributed by atoms with E-state index in [1.807, 2.05) is 16.7 Å². The highest BCUT2D eigenvalue weighted by Gasteiger charge is 2.39.